The smallest absolute Gasteiger partial charge is 0.233 e. The zero-order chi connectivity index (χ0) is 23.7. The second-order valence-corrected chi connectivity index (χ2v) is 8.41. The fraction of sp³-hybridized carbons (Fsp3) is 0.304. The maximum absolute atomic E-state index is 14.3. The Morgan fingerprint density at radius 1 is 1.41 bits per heavy atom. The lowest BCUT2D eigenvalue weighted by atomic mass is 10.1. The number of benzene rings is 1. The fourth-order valence-corrected chi connectivity index (χ4v) is 3.87. The van der Waals surface area contributed by atoms with Crippen LogP contribution in [0.15, 0.2) is 48.9 Å². The molecule has 0 radical (unpaired) electrons. The highest BCUT2D eigenvalue weighted by Crippen LogP contribution is 2.46. The van der Waals surface area contributed by atoms with Gasteiger partial charge in [-0.15, -0.1) is 5.48 Å². The number of rotatable bonds is 8. The van der Waals surface area contributed by atoms with Crippen molar-refractivity contribution in [1.29, 1.82) is 0 Å². The number of nitrogens with one attached hydrogen (secondary N) is 2. The molecule has 4 N–H and O–H groups in total. The summed E-state index contributed by atoms with van der Waals surface area (Å²) in [5.41, 5.74) is 10.5. The first-order valence-electron chi connectivity index (χ1n) is 10.8. The van der Waals surface area contributed by atoms with Crippen molar-refractivity contribution >= 4 is 17.4 Å². The van der Waals surface area contributed by atoms with Crippen LogP contribution in [0.5, 0.6) is 0 Å². The lowest BCUT2D eigenvalue weighted by Gasteiger charge is -2.14. The van der Waals surface area contributed by atoms with E-state index in [2.05, 4.69) is 25.9 Å². The topological polar surface area (TPSA) is 129 Å². The molecule has 1 aliphatic carbocycles. The van der Waals surface area contributed by atoms with Crippen molar-refractivity contribution in [1.82, 2.24) is 25.2 Å². The Morgan fingerprint density at radius 2 is 2.24 bits per heavy atom. The lowest BCUT2D eigenvalue weighted by molar-refractivity contribution is -0.122. The van der Waals surface area contributed by atoms with Crippen LogP contribution in [-0.4, -0.2) is 39.4 Å². The number of hydroxylamine groups is 1. The second-order valence-electron chi connectivity index (χ2n) is 8.41. The number of anilines is 2. The van der Waals surface area contributed by atoms with E-state index in [-0.39, 0.29) is 36.0 Å². The molecule has 1 saturated carbocycles. The molecule has 0 spiro atoms. The molecule has 176 valence electrons. The number of methoxy groups -OCH3 is 1. The van der Waals surface area contributed by atoms with Gasteiger partial charge in [0.15, 0.2) is 11.6 Å². The highest BCUT2D eigenvalue weighted by molar-refractivity contribution is 5.99. The van der Waals surface area contributed by atoms with Crippen LogP contribution in [-0.2, 0) is 20.9 Å². The molecule has 3 aromatic rings. The summed E-state index contributed by atoms with van der Waals surface area (Å²) in [6.07, 6.45) is 6.35. The number of nitrogen functional groups attached to an aromatic ring is 1. The molecule has 0 saturated heterocycles. The van der Waals surface area contributed by atoms with E-state index >= 15 is 0 Å². The number of nitrogens with two attached hydrogens (primary N) is 1. The van der Waals surface area contributed by atoms with Gasteiger partial charge in [-0.05, 0) is 31.1 Å². The van der Waals surface area contributed by atoms with Gasteiger partial charge in [0.2, 0.25) is 5.91 Å². The average Bonchev–Trinajstić information content (AvgIpc) is 3.22. The molecule has 1 unspecified atom stereocenters. The molecule has 1 amide bonds. The Balaban J connectivity index is 1.42. The maximum Gasteiger partial charge on any atom is 0.233 e. The van der Waals surface area contributed by atoms with Gasteiger partial charge in [-0.2, -0.15) is 5.10 Å². The highest BCUT2D eigenvalue weighted by Gasteiger charge is 2.50. The van der Waals surface area contributed by atoms with Gasteiger partial charge in [-0.3, -0.25) is 9.48 Å². The molecule has 10 nitrogen and oxygen atoms in total. The first kappa shape index (κ1) is 22.0. The number of nitrogens with zero attached hydrogens (tertiary/aromatic N) is 4. The minimum atomic E-state index is -0.510. The van der Waals surface area contributed by atoms with Crippen molar-refractivity contribution in [3.8, 4) is 11.5 Å². The number of halogens is 1. The summed E-state index contributed by atoms with van der Waals surface area (Å²) in [6, 6.07) is 8.04. The molecular formula is C23H24FN7O3. The second kappa shape index (κ2) is 8.84. The standard InChI is InChI=1S/C23H24FN7O3/c1-33-13-23(7-8-23)22(32)27-18-11-26-21(28-20(18)25)17-10-19(16-6-9-34-30-16)31(29-17)12-14-4-2-3-5-15(14)24/h2-6,9-11,16,30H,7-8,12-13H2,1H3,(H,27,32)(H2,25,26,28). The van der Waals surface area contributed by atoms with Gasteiger partial charge in [-0.25, -0.2) is 14.4 Å². The largest absolute Gasteiger partial charge is 0.416 e. The van der Waals surface area contributed by atoms with Crippen molar-refractivity contribution in [3.05, 3.63) is 65.9 Å². The maximum atomic E-state index is 14.3. The Labute approximate surface area is 194 Å². The number of hydrogen-bond donors (Lipinski definition) is 3. The summed E-state index contributed by atoms with van der Waals surface area (Å²) >= 11 is 0. The normalized spacial score (nSPS) is 18.0. The predicted octanol–water partition coefficient (Wildman–Crippen LogP) is 2.56. The van der Waals surface area contributed by atoms with Crippen LogP contribution in [0, 0.1) is 11.2 Å². The Kier molecular flexibility index (Phi) is 5.72. The van der Waals surface area contributed by atoms with E-state index in [1.54, 1.807) is 36.1 Å². The van der Waals surface area contributed by atoms with Crippen LogP contribution in [0.3, 0.4) is 0 Å². The molecule has 0 bridgehead atoms. The monoisotopic (exact) mass is 465 g/mol. The zero-order valence-electron chi connectivity index (χ0n) is 18.5. The number of amides is 1. The van der Waals surface area contributed by atoms with E-state index in [4.69, 9.17) is 15.3 Å². The molecule has 11 heteroatoms. The highest BCUT2D eigenvalue weighted by atomic mass is 19.1. The first-order chi connectivity index (χ1) is 16.5. The van der Waals surface area contributed by atoms with Crippen LogP contribution < -0.4 is 16.5 Å². The van der Waals surface area contributed by atoms with Crippen LogP contribution in [0.4, 0.5) is 15.9 Å². The number of carbonyl (C=O) groups excluding carboxylic acids is 1. The Morgan fingerprint density at radius 3 is 2.91 bits per heavy atom. The third-order valence-corrected chi connectivity index (χ3v) is 5.99. The molecular weight excluding hydrogens is 441 g/mol. The first-order valence-corrected chi connectivity index (χ1v) is 10.8. The summed E-state index contributed by atoms with van der Waals surface area (Å²) < 4.78 is 21.1. The lowest BCUT2D eigenvalue weighted by Crippen LogP contribution is -2.28. The van der Waals surface area contributed by atoms with Crippen molar-refractivity contribution in [2.45, 2.75) is 25.4 Å². The number of ether oxygens (including phenoxy) is 1. The minimum Gasteiger partial charge on any atom is -0.416 e. The van der Waals surface area contributed by atoms with Crippen LogP contribution in [0.1, 0.15) is 30.1 Å². The molecule has 1 fully saturated rings. The van der Waals surface area contributed by atoms with Gasteiger partial charge in [-0.1, -0.05) is 18.2 Å². The third-order valence-electron chi connectivity index (χ3n) is 5.99. The summed E-state index contributed by atoms with van der Waals surface area (Å²) in [7, 11) is 1.57. The molecule has 2 aromatic heterocycles. The van der Waals surface area contributed by atoms with Gasteiger partial charge < -0.3 is 20.6 Å². The van der Waals surface area contributed by atoms with Crippen LogP contribution in [0.2, 0.25) is 0 Å². The summed E-state index contributed by atoms with van der Waals surface area (Å²) in [5, 5.41) is 7.41. The average molecular weight is 465 g/mol. The predicted molar refractivity (Wildman–Crippen MR) is 121 cm³/mol. The molecule has 1 aromatic carbocycles. The van der Waals surface area contributed by atoms with Gasteiger partial charge in [0, 0.05) is 12.7 Å². The van der Waals surface area contributed by atoms with E-state index in [0.717, 1.165) is 18.5 Å². The molecule has 1 aliphatic heterocycles. The van der Waals surface area contributed by atoms with Crippen molar-refractivity contribution in [2.24, 2.45) is 5.41 Å². The summed E-state index contributed by atoms with van der Waals surface area (Å²) in [5.74, 6) is -0.0731. The van der Waals surface area contributed by atoms with E-state index in [0.29, 0.717) is 23.6 Å². The number of hydrogen-bond acceptors (Lipinski definition) is 8. The van der Waals surface area contributed by atoms with Crippen molar-refractivity contribution in [3.63, 3.8) is 0 Å². The molecule has 34 heavy (non-hydrogen) atoms. The molecule has 1 atom stereocenters. The Bertz CT molecular complexity index is 1260. The number of carbonyl (C=O) groups is 1. The van der Waals surface area contributed by atoms with Crippen LogP contribution >= 0.6 is 0 Å². The van der Waals surface area contributed by atoms with Crippen molar-refractivity contribution < 1.29 is 18.8 Å². The summed E-state index contributed by atoms with van der Waals surface area (Å²) in [4.78, 5) is 26.5. The summed E-state index contributed by atoms with van der Waals surface area (Å²) in [6.45, 7) is 0.562. The van der Waals surface area contributed by atoms with Gasteiger partial charge in [0.05, 0.1) is 30.5 Å². The number of aromatic nitrogens is 4. The van der Waals surface area contributed by atoms with E-state index < -0.39 is 5.41 Å². The molecule has 3 heterocycles. The quantitative estimate of drug-likeness (QED) is 0.463. The van der Waals surface area contributed by atoms with E-state index in [1.165, 1.54) is 18.5 Å². The van der Waals surface area contributed by atoms with Crippen molar-refractivity contribution in [2.75, 3.05) is 24.8 Å². The fourth-order valence-electron chi connectivity index (χ4n) is 3.87. The Hall–Kier alpha value is -3.83. The van der Waals surface area contributed by atoms with E-state index in [1.807, 2.05) is 6.08 Å². The van der Waals surface area contributed by atoms with Crippen LogP contribution in [0.25, 0.3) is 11.5 Å². The van der Waals surface area contributed by atoms with E-state index in [9.17, 15) is 9.18 Å². The minimum absolute atomic E-state index is 0.124. The van der Waals surface area contributed by atoms with Gasteiger partial charge in [0.25, 0.3) is 0 Å². The van der Waals surface area contributed by atoms with Gasteiger partial charge >= 0.3 is 0 Å². The molecule has 5 rings (SSSR count). The SMILES string of the molecule is COCC1(C(=O)Nc2cnc(-c3cc(C4C=CON4)n(Cc4ccccc4F)n3)nc2N)CC1. The van der Waals surface area contributed by atoms with Gasteiger partial charge in [0.1, 0.15) is 29.5 Å². The zero-order valence-corrected chi connectivity index (χ0v) is 18.5. The molecule has 2 aliphatic rings. The third kappa shape index (κ3) is 4.22.